The zero-order chi connectivity index (χ0) is 15.2. The van der Waals surface area contributed by atoms with Gasteiger partial charge in [-0.05, 0) is 12.2 Å². The zero-order valence-electron chi connectivity index (χ0n) is 12.4. The Kier molecular flexibility index (Phi) is 12.7. The molecule has 0 aromatic carbocycles. The smallest absolute Gasteiger partial charge is 0.303 e. The van der Waals surface area contributed by atoms with E-state index in [4.69, 9.17) is 18.9 Å². The summed E-state index contributed by atoms with van der Waals surface area (Å²) in [4.78, 5) is 21.7. The number of esters is 2. The Morgan fingerprint density at radius 3 is 2.45 bits per heavy atom. The fourth-order valence-corrected chi connectivity index (χ4v) is 2.20. The van der Waals surface area contributed by atoms with Crippen LogP contribution in [0.4, 0.5) is 0 Å². The number of methoxy groups -OCH3 is 1. The van der Waals surface area contributed by atoms with Gasteiger partial charge in [0.05, 0.1) is 13.2 Å². The summed E-state index contributed by atoms with van der Waals surface area (Å²) in [7, 11) is 1.64. The molecule has 0 aliphatic rings. The van der Waals surface area contributed by atoms with E-state index in [0.717, 1.165) is 12.2 Å². The number of ether oxygens (including phenoxy) is 4. The van der Waals surface area contributed by atoms with Crippen LogP contribution in [0.1, 0.15) is 20.3 Å². The lowest BCUT2D eigenvalue weighted by atomic mass is 10.4. The molecule has 0 N–H and O–H groups in total. The summed E-state index contributed by atoms with van der Waals surface area (Å²) in [5.41, 5.74) is 0. The molecule has 0 aliphatic heterocycles. The topological polar surface area (TPSA) is 71.1 Å². The molecule has 1 atom stereocenters. The Hall–Kier alpha value is -0.790. The van der Waals surface area contributed by atoms with Gasteiger partial charge >= 0.3 is 11.9 Å². The van der Waals surface area contributed by atoms with Gasteiger partial charge < -0.3 is 18.9 Å². The molecule has 0 aromatic rings. The normalized spacial score (nSPS) is 11.9. The first-order chi connectivity index (χ1) is 9.56. The second-order valence-corrected chi connectivity index (χ2v) is 5.22. The number of thioether (sulfide) groups is 1. The van der Waals surface area contributed by atoms with Crippen LogP contribution >= 0.6 is 11.8 Å². The molecule has 118 valence electrons. The lowest BCUT2D eigenvalue weighted by Crippen LogP contribution is -2.26. The predicted octanol–water partition coefficient (Wildman–Crippen LogP) is 1.27. The van der Waals surface area contributed by atoms with Crippen molar-refractivity contribution in [1.29, 1.82) is 0 Å². The molecular formula is C13H24O6S. The van der Waals surface area contributed by atoms with E-state index in [1.807, 2.05) is 0 Å². The lowest BCUT2D eigenvalue weighted by Gasteiger charge is -2.16. The summed E-state index contributed by atoms with van der Waals surface area (Å²) in [5, 5.41) is 0. The van der Waals surface area contributed by atoms with Gasteiger partial charge in [-0.1, -0.05) is 0 Å². The minimum Gasteiger partial charge on any atom is -0.462 e. The Balaban J connectivity index is 3.62. The highest BCUT2D eigenvalue weighted by atomic mass is 32.2. The largest absolute Gasteiger partial charge is 0.462 e. The van der Waals surface area contributed by atoms with Crippen molar-refractivity contribution in [2.24, 2.45) is 0 Å². The van der Waals surface area contributed by atoms with Gasteiger partial charge in [0.1, 0.15) is 12.7 Å². The van der Waals surface area contributed by atoms with E-state index in [1.165, 1.54) is 13.8 Å². The molecule has 0 saturated heterocycles. The molecule has 0 bridgehead atoms. The molecule has 0 amide bonds. The number of carbonyl (C=O) groups is 2. The fraction of sp³-hybridized carbons (Fsp3) is 0.846. The number of carbonyl (C=O) groups excluding carboxylic acids is 2. The quantitative estimate of drug-likeness (QED) is 0.397. The van der Waals surface area contributed by atoms with E-state index in [-0.39, 0.29) is 18.5 Å². The summed E-state index contributed by atoms with van der Waals surface area (Å²) < 4.78 is 20.1. The molecule has 0 radical (unpaired) electrons. The Bertz CT molecular complexity index is 272. The first kappa shape index (κ1) is 19.2. The summed E-state index contributed by atoms with van der Waals surface area (Å²) in [5.74, 6) is 0.750. The van der Waals surface area contributed by atoms with Crippen molar-refractivity contribution in [3.63, 3.8) is 0 Å². The zero-order valence-corrected chi connectivity index (χ0v) is 13.2. The standard InChI is InChI=1S/C13H24O6S/c1-11(14)18-9-13(19-12(2)15)10-20-8-4-5-17-7-6-16-3/h13H,4-10H2,1-3H3. The maximum Gasteiger partial charge on any atom is 0.303 e. The van der Waals surface area contributed by atoms with Gasteiger partial charge in [0.15, 0.2) is 0 Å². The predicted molar refractivity (Wildman–Crippen MR) is 76.8 cm³/mol. The van der Waals surface area contributed by atoms with Crippen LogP contribution in [-0.2, 0) is 28.5 Å². The molecule has 0 spiro atoms. The van der Waals surface area contributed by atoms with Crippen LogP contribution in [0.2, 0.25) is 0 Å². The highest BCUT2D eigenvalue weighted by Gasteiger charge is 2.13. The van der Waals surface area contributed by atoms with Crippen LogP contribution in [0.25, 0.3) is 0 Å². The molecule has 7 heteroatoms. The van der Waals surface area contributed by atoms with Crippen LogP contribution < -0.4 is 0 Å². The van der Waals surface area contributed by atoms with Crippen molar-refractivity contribution in [2.45, 2.75) is 26.4 Å². The second-order valence-electron chi connectivity index (χ2n) is 4.07. The summed E-state index contributed by atoms with van der Waals surface area (Å²) in [6, 6.07) is 0. The van der Waals surface area contributed by atoms with Gasteiger partial charge in [0.2, 0.25) is 0 Å². The third-order valence-electron chi connectivity index (χ3n) is 2.12. The number of hydrogen-bond donors (Lipinski definition) is 0. The van der Waals surface area contributed by atoms with Gasteiger partial charge in [-0.3, -0.25) is 9.59 Å². The van der Waals surface area contributed by atoms with Crippen LogP contribution in [0.15, 0.2) is 0 Å². The van der Waals surface area contributed by atoms with Gasteiger partial charge in [-0.15, -0.1) is 0 Å². The Morgan fingerprint density at radius 2 is 1.85 bits per heavy atom. The van der Waals surface area contributed by atoms with Gasteiger partial charge in [0, 0.05) is 33.3 Å². The molecule has 1 unspecified atom stereocenters. The average molecular weight is 308 g/mol. The molecule has 0 rings (SSSR count). The third-order valence-corrected chi connectivity index (χ3v) is 3.30. The van der Waals surface area contributed by atoms with Gasteiger partial charge in [-0.25, -0.2) is 0 Å². The second kappa shape index (κ2) is 13.2. The van der Waals surface area contributed by atoms with Gasteiger partial charge in [-0.2, -0.15) is 11.8 Å². The third kappa shape index (κ3) is 13.6. The van der Waals surface area contributed by atoms with Crippen molar-refractivity contribution < 1.29 is 28.5 Å². The van der Waals surface area contributed by atoms with E-state index in [1.54, 1.807) is 18.9 Å². The van der Waals surface area contributed by atoms with Crippen molar-refractivity contribution in [3.8, 4) is 0 Å². The first-order valence-electron chi connectivity index (χ1n) is 6.51. The van der Waals surface area contributed by atoms with Gasteiger partial charge in [0.25, 0.3) is 0 Å². The van der Waals surface area contributed by atoms with Crippen molar-refractivity contribution in [3.05, 3.63) is 0 Å². The average Bonchev–Trinajstić information content (AvgIpc) is 2.38. The van der Waals surface area contributed by atoms with Crippen LogP contribution in [-0.4, -0.2) is 63.1 Å². The van der Waals surface area contributed by atoms with E-state index < -0.39 is 6.10 Å². The molecule has 0 aromatic heterocycles. The number of rotatable bonds is 12. The van der Waals surface area contributed by atoms with Crippen LogP contribution in [0.3, 0.4) is 0 Å². The Labute approximate surface area is 124 Å². The molecular weight excluding hydrogens is 284 g/mol. The van der Waals surface area contributed by atoms with Crippen LogP contribution in [0, 0.1) is 0 Å². The highest BCUT2D eigenvalue weighted by molar-refractivity contribution is 7.99. The highest BCUT2D eigenvalue weighted by Crippen LogP contribution is 2.09. The first-order valence-corrected chi connectivity index (χ1v) is 7.66. The molecule has 0 aliphatic carbocycles. The maximum atomic E-state index is 10.9. The lowest BCUT2D eigenvalue weighted by molar-refractivity contribution is -0.154. The fourth-order valence-electron chi connectivity index (χ4n) is 1.28. The van der Waals surface area contributed by atoms with Crippen LogP contribution in [0.5, 0.6) is 0 Å². The molecule has 6 nitrogen and oxygen atoms in total. The summed E-state index contributed by atoms with van der Waals surface area (Å²) in [6.45, 7) is 4.66. The molecule has 0 fully saturated rings. The molecule has 20 heavy (non-hydrogen) atoms. The van der Waals surface area contributed by atoms with Crippen molar-refractivity contribution >= 4 is 23.7 Å². The van der Waals surface area contributed by atoms with Crippen molar-refractivity contribution in [2.75, 3.05) is 45.0 Å². The minimum atomic E-state index is -0.393. The Morgan fingerprint density at radius 1 is 1.10 bits per heavy atom. The monoisotopic (exact) mass is 308 g/mol. The van der Waals surface area contributed by atoms with E-state index >= 15 is 0 Å². The van der Waals surface area contributed by atoms with E-state index in [2.05, 4.69) is 0 Å². The van der Waals surface area contributed by atoms with Crippen molar-refractivity contribution in [1.82, 2.24) is 0 Å². The number of hydrogen-bond acceptors (Lipinski definition) is 7. The van der Waals surface area contributed by atoms with E-state index in [9.17, 15) is 9.59 Å². The summed E-state index contributed by atoms with van der Waals surface area (Å²) >= 11 is 1.64. The van der Waals surface area contributed by atoms with E-state index in [0.29, 0.717) is 25.6 Å². The SMILES string of the molecule is COCCOCCCSCC(COC(C)=O)OC(C)=O. The minimum absolute atomic E-state index is 0.103. The molecule has 0 heterocycles. The summed E-state index contributed by atoms with van der Waals surface area (Å²) in [6.07, 6.45) is 0.519. The maximum absolute atomic E-state index is 10.9. The molecule has 0 saturated carbocycles.